The molecule has 0 bridgehead atoms. The van der Waals surface area contributed by atoms with Crippen molar-refractivity contribution >= 4 is 16.7 Å². The quantitative estimate of drug-likeness (QED) is 0.378. The van der Waals surface area contributed by atoms with E-state index in [9.17, 15) is 32.5 Å². The zero-order valence-corrected chi connectivity index (χ0v) is 14.1. The summed E-state index contributed by atoms with van der Waals surface area (Å²) in [4.78, 5) is 25.9. The van der Waals surface area contributed by atoms with Crippen molar-refractivity contribution in [3.63, 3.8) is 0 Å². The van der Waals surface area contributed by atoms with Crippen LogP contribution in [0.25, 0.3) is 11.0 Å². The largest absolute Gasteiger partial charge is 0.573 e. The number of nitrogens with zero attached hydrogens (tertiary/aromatic N) is 3. The van der Waals surface area contributed by atoms with Gasteiger partial charge >= 0.3 is 12.0 Å². The number of benzene rings is 2. The van der Waals surface area contributed by atoms with Crippen LogP contribution in [0.2, 0.25) is 0 Å². The van der Waals surface area contributed by atoms with Gasteiger partial charge in [0.25, 0.3) is 5.56 Å². The molecule has 1 heterocycles. The summed E-state index contributed by atoms with van der Waals surface area (Å²) in [6.07, 6.45) is -4.09. The van der Waals surface area contributed by atoms with Crippen molar-refractivity contribution in [2.75, 3.05) is 0 Å². The second-order valence-electron chi connectivity index (χ2n) is 5.79. The van der Waals surface area contributed by atoms with Gasteiger partial charge in [-0.05, 0) is 30.7 Å². The Balaban J connectivity index is 2.14. The Morgan fingerprint density at radius 1 is 1.25 bits per heavy atom. The summed E-state index contributed by atoms with van der Waals surface area (Å²) in [6, 6.07) is 6.19. The summed E-state index contributed by atoms with van der Waals surface area (Å²) in [5.41, 5.74) is -1.63. The lowest BCUT2D eigenvalue weighted by atomic mass is 10.1. The van der Waals surface area contributed by atoms with Crippen molar-refractivity contribution < 1.29 is 27.2 Å². The number of ether oxygens (including phenoxy) is 1. The molecule has 0 unspecified atom stereocenters. The van der Waals surface area contributed by atoms with E-state index < -0.39 is 45.7 Å². The summed E-state index contributed by atoms with van der Waals surface area (Å²) in [5, 5.41) is 10.9. The standard InChI is InChI=1S/C17H11F4N3O4/c1-9(10-3-2-4-11(7-10)28-17(19,20)21)23-13-6-5-12(24(26)27)15(18)16(13)22-8-14(23)25/h2-9H,1H3/t9-/m0/s1. The lowest BCUT2D eigenvalue weighted by molar-refractivity contribution is -0.387. The lowest BCUT2D eigenvalue weighted by Gasteiger charge is -2.19. The molecule has 28 heavy (non-hydrogen) atoms. The molecule has 3 rings (SSSR count). The van der Waals surface area contributed by atoms with E-state index >= 15 is 0 Å². The SMILES string of the molecule is C[C@@H](c1cccc(OC(F)(F)F)c1)n1c(=O)cnc2c(F)c([N+](=O)[O-])ccc21. The molecule has 0 saturated heterocycles. The zero-order chi connectivity index (χ0) is 20.6. The first kappa shape index (κ1) is 19.3. The summed E-state index contributed by atoms with van der Waals surface area (Å²) in [5.74, 6) is -1.69. The van der Waals surface area contributed by atoms with E-state index in [0.29, 0.717) is 0 Å². The molecule has 0 aliphatic carbocycles. The molecule has 146 valence electrons. The molecule has 7 nitrogen and oxygen atoms in total. The van der Waals surface area contributed by atoms with Crippen LogP contribution in [-0.2, 0) is 0 Å². The van der Waals surface area contributed by atoms with Crippen LogP contribution in [0.5, 0.6) is 5.75 Å². The Labute approximate surface area is 154 Å². The van der Waals surface area contributed by atoms with Crippen molar-refractivity contribution in [1.29, 1.82) is 0 Å². The van der Waals surface area contributed by atoms with E-state index in [-0.39, 0.29) is 11.1 Å². The van der Waals surface area contributed by atoms with E-state index in [1.165, 1.54) is 19.1 Å². The summed E-state index contributed by atoms with van der Waals surface area (Å²) in [6.45, 7) is 1.51. The van der Waals surface area contributed by atoms with Crippen molar-refractivity contribution in [3.8, 4) is 5.75 Å². The van der Waals surface area contributed by atoms with Crippen molar-refractivity contribution in [3.05, 3.63) is 74.4 Å². The third-order valence-corrected chi connectivity index (χ3v) is 4.03. The number of alkyl halides is 3. The Kier molecular flexibility index (Phi) is 4.75. The first-order chi connectivity index (χ1) is 13.1. The van der Waals surface area contributed by atoms with Crippen LogP contribution in [0.1, 0.15) is 18.5 Å². The molecule has 0 radical (unpaired) electrons. The average molecular weight is 397 g/mol. The smallest absolute Gasteiger partial charge is 0.406 e. The number of fused-ring (bicyclic) bond motifs is 1. The van der Waals surface area contributed by atoms with Crippen LogP contribution >= 0.6 is 0 Å². The monoisotopic (exact) mass is 397 g/mol. The maximum Gasteiger partial charge on any atom is 0.573 e. The number of aromatic nitrogens is 2. The maximum atomic E-state index is 14.4. The van der Waals surface area contributed by atoms with Crippen LogP contribution in [-0.4, -0.2) is 20.8 Å². The number of hydrogen-bond donors (Lipinski definition) is 0. The topological polar surface area (TPSA) is 87.3 Å². The fourth-order valence-electron chi connectivity index (χ4n) is 2.82. The minimum absolute atomic E-state index is 0.0368. The fourth-order valence-corrected chi connectivity index (χ4v) is 2.82. The fraction of sp³-hybridized carbons (Fsp3) is 0.176. The van der Waals surface area contributed by atoms with Crippen LogP contribution in [0.3, 0.4) is 0 Å². The van der Waals surface area contributed by atoms with Crippen molar-refractivity contribution in [2.24, 2.45) is 0 Å². The molecule has 0 aliphatic rings. The maximum absolute atomic E-state index is 14.4. The second-order valence-corrected chi connectivity index (χ2v) is 5.79. The van der Waals surface area contributed by atoms with E-state index in [1.54, 1.807) is 0 Å². The first-order valence-electron chi connectivity index (χ1n) is 7.78. The van der Waals surface area contributed by atoms with E-state index in [1.807, 2.05) is 0 Å². The second kappa shape index (κ2) is 6.91. The Morgan fingerprint density at radius 2 is 1.96 bits per heavy atom. The highest BCUT2D eigenvalue weighted by atomic mass is 19.4. The molecule has 0 fully saturated rings. The molecule has 1 aromatic heterocycles. The molecule has 11 heteroatoms. The highest BCUT2D eigenvalue weighted by Gasteiger charge is 2.31. The normalized spacial score (nSPS) is 12.8. The van der Waals surface area contributed by atoms with Crippen molar-refractivity contribution in [1.82, 2.24) is 9.55 Å². The molecule has 2 aromatic carbocycles. The third-order valence-electron chi connectivity index (χ3n) is 4.03. The van der Waals surface area contributed by atoms with Gasteiger partial charge in [0.15, 0.2) is 0 Å². The molecule has 0 amide bonds. The number of nitro groups is 1. The van der Waals surface area contributed by atoms with Gasteiger partial charge < -0.3 is 4.74 Å². The Bertz CT molecular complexity index is 1130. The Morgan fingerprint density at radius 3 is 2.61 bits per heavy atom. The predicted octanol–water partition coefficient (Wildman–Crippen LogP) is 3.95. The van der Waals surface area contributed by atoms with Gasteiger partial charge in [0.05, 0.1) is 22.7 Å². The molecule has 0 spiro atoms. The van der Waals surface area contributed by atoms with Crippen LogP contribution < -0.4 is 10.3 Å². The number of hydrogen-bond acceptors (Lipinski definition) is 5. The van der Waals surface area contributed by atoms with E-state index in [4.69, 9.17) is 0 Å². The molecular formula is C17H11F4N3O4. The lowest BCUT2D eigenvalue weighted by Crippen LogP contribution is -2.25. The highest BCUT2D eigenvalue weighted by Crippen LogP contribution is 2.29. The van der Waals surface area contributed by atoms with Crippen molar-refractivity contribution in [2.45, 2.75) is 19.3 Å². The molecule has 0 saturated carbocycles. The van der Waals surface area contributed by atoms with Gasteiger partial charge in [0, 0.05) is 6.07 Å². The zero-order valence-electron chi connectivity index (χ0n) is 14.1. The number of halogens is 4. The van der Waals surface area contributed by atoms with E-state index in [2.05, 4.69) is 9.72 Å². The van der Waals surface area contributed by atoms with Crippen LogP contribution in [0.4, 0.5) is 23.2 Å². The molecule has 3 aromatic rings. The van der Waals surface area contributed by atoms with Gasteiger partial charge in [-0.25, -0.2) is 4.98 Å². The minimum Gasteiger partial charge on any atom is -0.406 e. The first-order valence-corrected chi connectivity index (χ1v) is 7.78. The average Bonchev–Trinajstić information content (AvgIpc) is 2.60. The predicted molar refractivity (Wildman–Crippen MR) is 89.6 cm³/mol. The number of nitro benzene ring substituents is 1. The van der Waals surface area contributed by atoms with Gasteiger partial charge in [-0.2, -0.15) is 4.39 Å². The van der Waals surface area contributed by atoms with Gasteiger partial charge in [0.1, 0.15) is 11.3 Å². The summed E-state index contributed by atoms with van der Waals surface area (Å²) < 4.78 is 56.6. The van der Waals surface area contributed by atoms with E-state index in [0.717, 1.165) is 35.0 Å². The summed E-state index contributed by atoms with van der Waals surface area (Å²) >= 11 is 0. The van der Waals surface area contributed by atoms with Gasteiger partial charge in [-0.3, -0.25) is 19.5 Å². The van der Waals surface area contributed by atoms with Crippen LogP contribution in [0, 0.1) is 15.9 Å². The van der Waals surface area contributed by atoms with Crippen LogP contribution in [0.15, 0.2) is 47.4 Å². The molecule has 1 atom stereocenters. The minimum atomic E-state index is -4.88. The summed E-state index contributed by atoms with van der Waals surface area (Å²) in [7, 11) is 0. The third kappa shape index (κ3) is 3.63. The van der Waals surface area contributed by atoms with Gasteiger partial charge in [0.2, 0.25) is 5.82 Å². The highest BCUT2D eigenvalue weighted by molar-refractivity contribution is 5.78. The molecule has 0 N–H and O–H groups in total. The molecule has 0 aliphatic heterocycles. The number of rotatable bonds is 4. The Hall–Kier alpha value is -3.50. The van der Waals surface area contributed by atoms with Gasteiger partial charge in [-0.1, -0.05) is 12.1 Å². The molecular weight excluding hydrogens is 386 g/mol. The van der Waals surface area contributed by atoms with Gasteiger partial charge in [-0.15, -0.1) is 13.2 Å².